The Morgan fingerprint density at radius 1 is 1.38 bits per heavy atom. The minimum atomic E-state index is 0.465. The average molecular weight is 214 g/mol. The van der Waals surface area contributed by atoms with Crippen molar-refractivity contribution in [3.8, 4) is 11.5 Å². The van der Waals surface area contributed by atoms with Crippen molar-refractivity contribution in [3.05, 3.63) is 24.8 Å². The standard InChI is InChI=1S/C10H10N6/c1-16-4-7(13-5-16)10-14-8(11)6-2-3-12-9(6)15-10/h2-5H,1H3,(H3,11,12,14,15). The van der Waals surface area contributed by atoms with Crippen molar-refractivity contribution in [2.75, 3.05) is 5.73 Å². The third-order valence-corrected chi connectivity index (χ3v) is 2.38. The van der Waals surface area contributed by atoms with E-state index in [1.165, 1.54) is 0 Å². The molecule has 0 spiro atoms. The highest BCUT2D eigenvalue weighted by atomic mass is 15.1. The number of nitrogens with zero attached hydrogens (tertiary/aromatic N) is 4. The lowest BCUT2D eigenvalue weighted by Crippen LogP contribution is -1.97. The molecule has 16 heavy (non-hydrogen) atoms. The molecule has 0 unspecified atom stereocenters. The van der Waals surface area contributed by atoms with Gasteiger partial charge in [-0.05, 0) is 6.07 Å². The SMILES string of the molecule is Cn1cnc(-c2nc(N)c3cc[nH]c3n2)c1. The summed E-state index contributed by atoms with van der Waals surface area (Å²) in [5.74, 6) is 1.000. The fourth-order valence-corrected chi connectivity index (χ4v) is 1.61. The molecule has 0 bridgehead atoms. The highest BCUT2D eigenvalue weighted by Crippen LogP contribution is 2.20. The number of nitrogen functional groups attached to an aromatic ring is 1. The number of imidazole rings is 1. The van der Waals surface area contributed by atoms with Crippen molar-refractivity contribution in [1.29, 1.82) is 0 Å². The smallest absolute Gasteiger partial charge is 0.183 e. The van der Waals surface area contributed by atoms with Crippen LogP contribution in [0.2, 0.25) is 0 Å². The minimum Gasteiger partial charge on any atom is -0.383 e. The summed E-state index contributed by atoms with van der Waals surface area (Å²) in [6.07, 6.45) is 5.34. The van der Waals surface area contributed by atoms with E-state index >= 15 is 0 Å². The molecular weight excluding hydrogens is 204 g/mol. The first kappa shape index (κ1) is 8.90. The van der Waals surface area contributed by atoms with Crippen LogP contribution in [0.1, 0.15) is 0 Å². The van der Waals surface area contributed by atoms with E-state index in [1.54, 1.807) is 12.5 Å². The van der Waals surface area contributed by atoms with Gasteiger partial charge >= 0.3 is 0 Å². The Kier molecular flexibility index (Phi) is 1.70. The van der Waals surface area contributed by atoms with Gasteiger partial charge in [-0.2, -0.15) is 0 Å². The second kappa shape index (κ2) is 3.06. The number of aryl methyl sites for hydroxylation is 1. The Labute approximate surface area is 91.2 Å². The molecule has 0 atom stereocenters. The van der Waals surface area contributed by atoms with Gasteiger partial charge in [0.2, 0.25) is 0 Å². The van der Waals surface area contributed by atoms with Crippen LogP contribution in [0.5, 0.6) is 0 Å². The van der Waals surface area contributed by atoms with E-state index in [2.05, 4.69) is 19.9 Å². The van der Waals surface area contributed by atoms with Gasteiger partial charge in [-0.15, -0.1) is 0 Å². The second-order valence-electron chi connectivity index (χ2n) is 3.60. The van der Waals surface area contributed by atoms with Crippen molar-refractivity contribution in [2.24, 2.45) is 7.05 Å². The molecule has 0 aliphatic heterocycles. The van der Waals surface area contributed by atoms with E-state index in [1.807, 2.05) is 23.9 Å². The van der Waals surface area contributed by atoms with Crippen LogP contribution >= 0.6 is 0 Å². The zero-order valence-electron chi connectivity index (χ0n) is 8.68. The van der Waals surface area contributed by atoms with Gasteiger partial charge in [-0.3, -0.25) is 0 Å². The van der Waals surface area contributed by atoms with Crippen LogP contribution in [0, 0.1) is 0 Å². The molecule has 3 N–H and O–H groups in total. The Bertz CT molecular complexity index is 650. The monoisotopic (exact) mass is 214 g/mol. The number of anilines is 1. The van der Waals surface area contributed by atoms with Crippen LogP contribution in [0.4, 0.5) is 5.82 Å². The van der Waals surface area contributed by atoms with Crippen LogP contribution in [0.3, 0.4) is 0 Å². The molecule has 80 valence electrons. The largest absolute Gasteiger partial charge is 0.383 e. The molecule has 3 rings (SSSR count). The third kappa shape index (κ3) is 1.23. The second-order valence-corrected chi connectivity index (χ2v) is 3.60. The lowest BCUT2D eigenvalue weighted by Gasteiger charge is -1.99. The maximum atomic E-state index is 5.84. The maximum Gasteiger partial charge on any atom is 0.183 e. The molecule has 0 saturated heterocycles. The van der Waals surface area contributed by atoms with Gasteiger partial charge < -0.3 is 15.3 Å². The Hall–Kier alpha value is -2.37. The minimum absolute atomic E-state index is 0.465. The molecule has 3 aromatic rings. The molecule has 0 amide bonds. The number of hydrogen-bond acceptors (Lipinski definition) is 4. The summed E-state index contributed by atoms with van der Waals surface area (Å²) in [4.78, 5) is 15.8. The highest BCUT2D eigenvalue weighted by molar-refractivity contribution is 5.87. The summed E-state index contributed by atoms with van der Waals surface area (Å²) >= 11 is 0. The van der Waals surface area contributed by atoms with Crippen molar-refractivity contribution in [2.45, 2.75) is 0 Å². The topological polar surface area (TPSA) is 85.4 Å². The first-order valence-electron chi connectivity index (χ1n) is 4.83. The van der Waals surface area contributed by atoms with Crippen LogP contribution in [0.25, 0.3) is 22.6 Å². The van der Waals surface area contributed by atoms with E-state index in [9.17, 15) is 0 Å². The van der Waals surface area contributed by atoms with Crippen molar-refractivity contribution in [1.82, 2.24) is 24.5 Å². The molecule has 0 aliphatic rings. The fourth-order valence-electron chi connectivity index (χ4n) is 1.61. The zero-order valence-corrected chi connectivity index (χ0v) is 8.68. The highest BCUT2D eigenvalue weighted by Gasteiger charge is 2.09. The average Bonchev–Trinajstić information content (AvgIpc) is 2.85. The lowest BCUT2D eigenvalue weighted by molar-refractivity contribution is 0.913. The predicted octanol–water partition coefficient (Wildman–Crippen LogP) is 0.941. The summed E-state index contributed by atoms with van der Waals surface area (Å²) in [5, 5.41) is 0.833. The third-order valence-electron chi connectivity index (χ3n) is 2.38. The summed E-state index contributed by atoms with van der Waals surface area (Å²) in [5.41, 5.74) is 7.28. The van der Waals surface area contributed by atoms with Gasteiger partial charge in [0.25, 0.3) is 0 Å². The van der Waals surface area contributed by atoms with Crippen molar-refractivity contribution in [3.63, 3.8) is 0 Å². The molecule has 6 nitrogen and oxygen atoms in total. The van der Waals surface area contributed by atoms with E-state index in [4.69, 9.17) is 5.73 Å². The molecule has 6 heteroatoms. The quantitative estimate of drug-likeness (QED) is 0.631. The normalized spacial score (nSPS) is 11.1. The number of nitrogens with one attached hydrogen (secondary N) is 1. The number of aromatic nitrogens is 5. The first-order chi connectivity index (χ1) is 7.74. The van der Waals surface area contributed by atoms with Gasteiger partial charge in [-0.1, -0.05) is 0 Å². The predicted molar refractivity (Wildman–Crippen MR) is 60.5 cm³/mol. The number of rotatable bonds is 1. The number of hydrogen-bond donors (Lipinski definition) is 2. The van der Waals surface area contributed by atoms with Crippen LogP contribution < -0.4 is 5.73 Å². The Morgan fingerprint density at radius 2 is 2.25 bits per heavy atom. The van der Waals surface area contributed by atoms with E-state index in [-0.39, 0.29) is 0 Å². The van der Waals surface area contributed by atoms with Gasteiger partial charge in [0, 0.05) is 19.4 Å². The molecule has 0 fully saturated rings. The van der Waals surface area contributed by atoms with E-state index in [0.717, 1.165) is 11.0 Å². The zero-order chi connectivity index (χ0) is 11.1. The molecule has 0 saturated carbocycles. The summed E-state index contributed by atoms with van der Waals surface area (Å²) < 4.78 is 1.84. The maximum absolute atomic E-state index is 5.84. The molecule has 0 aromatic carbocycles. The molecule has 3 aromatic heterocycles. The number of fused-ring (bicyclic) bond motifs is 1. The summed E-state index contributed by atoms with van der Waals surface area (Å²) in [7, 11) is 1.90. The van der Waals surface area contributed by atoms with E-state index < -0.39 is 0 Å². The number of H-pyrrole nitrogens is 1. The van der Waals surface area contributed by atoms with Gasteiger partial charge in [0.15, 0.2) is 5.82 Å². The van der Waals surface area contributed by atoms with Crippen molar-refractivity contribution >= 4 is 16.9 Å². The Balaban J connectivity index is 2.24. The number of nitrogens with two attached hydrogens (primary N) is 1. The summed E-state index contributed by atoms with van der Waals surface area (Å²) in [6, 6.07) is 1.85. The van der Waals surface area contributed by atoms with E-state index in [0.29, 0.717) is 17.3 Å². The molecule has 3 heterocycles. The summed E-state index contributed by atoms with van der Waals surface area (Å²) in [6.45, 7) is 0. The van der Waals surface area contributed by atoms with Crippen molar-refractivity contribution < 1.29 is 0 Å². The molecular formula is C10H10N6. The first-order valence-corrected chi connectivity index (χ1v) is 4.83. The molecule has 0 aliphatic carbocycles. The lowest BCUT2D eigenvalue weighted by atomic mass is 10.3. The van der Waals surface area contributed by atoms with Crippen LogP contribution in [-0.2, 0) is 7.05 Å². The van der Waals surface area contributed by atoms with Crippen LogP contribution in [-0.4, -0.2) is 24.5 Å². The van der Waals surface area contributed by atoms with Gasteiger partial charge in [-0.25, -0.2) is 15.0 Å². The number of aromatic amines is 1. The van der Waals surface area contributed by atoms with Crippen LogP contribution in [0.15, 0.2) is 24.8 Å². The van der Waals surface area contributed by atoms with Gasteiger partial charge in [0.1, 0.15) is 17.2 Å². The Morgan fingerprint density at radius 3 is 3.00 bits per heavy atom. The molecule has 0 radical (unpaired) electrons. The van der Waals surface area contributed by atoms with Gasteiger partial charge in [0.05, 0.1) is 11.7 Å². The fraction of sp³-hybridized carbons (Fsp3) is 0.100.